The van der Waals surface area contributed by atoms with Crippen LogP contribution in [-0.2, 0) is 14.3 Å². The maximum absolute atomic E-state index is 12.9. The lowest BCUT2D eigenvalue weighted by Crippen LogP contribution is -2.44. The van der Waals surface area contributed by atoms with Gasteiger partial charge in [0.2, 0.25) is 0 Å². The Bertz CT molecular complexity index is 389. The van der Waals surface area contributed by atoms with E-state index in [1.54, 1.807) is 0 Å². The number of carbonyl (C=O) groups excluding carboxylic acids is 1. The van der Waals surface area contributed by atoms with Crippen LogP contribution in [0.1, 0.15) is 93.4 Å². The first kappa shape index (κ1) is 23.9. The summed E-state index contributed by atoms with van der Waals surface area (Å²) in [5.74, 6) is -0.672. The van der Waals surface area contributed by atoms with Gasteiger partial charge in [0, 0.05) is 0 Å². The van der Waals surface area contributed by atoms with E-state index < -0.39 is 17.4 Å². The fourth-order valence-electron chi connectivity index (χ4n) is 3.44. The molecule has 0 aliphatic carbocycles. The number of carbonyl (C=O) groups is 2. The van der Waals surface area contributed by atoms with E-state index in [9.17, 15) is 14.7 Å². The summed E-state index contributed by atoms with van der Waals surface area (Å²) in [5.41, 5.74) is -1.42. The number of aliphatic carboxylic acids is 1. The molecule has 1 unspecified atom stereocenters. The zero-order valence-corrected chi connectivity index (χ0v) is 17.4. The molecule has 0 rings (SSSR count). The van der Waals surface area contributed by atoms with E-state index in [0.717, 1.165) is 25.7 Å². The molecular formula is C21H40O4. The van der Waals surface area contributed by atoms with E-state index in [1.165, 1.54) is 6.42 Å². The summed E-state index contributed by atoms with van der Waals surface area (Å²) in [6, 6.07) is 0. The minimum Gasteiger partial charge on any atom is -0.480 e. The maximum atomic E-state index is 12.9. The predicted octanol–water partition coefficient (Wildman–Crippen LogP) is 5.69. The average molecular weight is 357 g/mol. The van der Waals surface area contributed by atoms with Crippen LogP contribution >= 0.6 is 0 Å². The Morgan fingerprint density at radius 3 is 1.72 bits per heavy atom. The van der Waals surface area contributed by atoms with Crippen LogP contribution in [0.2, 0.25) is 0 Å². The molecule has 0 aliphatic heterocycles. The van der Waals surface area contributed by atoms with Crippen molar-refractivity contribution in [2.24, 2.45) is 23.2 Å². The van der Waals surface area contributed by atoms with Crippen LogP contribution < -0.4 is 0 Å². The molecule has 0 aromatic heterocycles. The number of hydrogen-bond acceptors (Lipinski definition) is 3. The summed E-state index contributed by atoms with van der Waals surface area (Å²) in [6.45, 7) is 14.2. The SMILES string of the molecule is CCC(CCCCC(C)C)OC(=O)C(CC(C)C)(CC(C)C)C(=O)O. The quantitative estimate of drug-likeness (QED) is 0.262. The van der Waals surface area contributed by atoms with E-state index in [4.69, 9.17) is 4.74 Å². The largest absolute Gasteiger partial charge is 0.480 e. The first-order valence-electron chi connectivity index (χ1n) is 9.99. The monoisotopic (exact) mass is 356 g/mol. The number of esters is 1. The van der Waals surface area contributed by atoms with Gasteiger partial charge >= 0.3 is 11.9 Å². The molecule has 148 valence electrons. The lowest BCUT2D eigenvalue weighted by atomic mass is 9.74. The second-order valence-electron chi connectivity index (χ2n) is 8.70. The Morgan fingerprint density at radius 1 is 0.880 bits per heavy atom. The van der Waals surface area contributed by atoms with Crippen molar-refractivity contribution < 1.29 is 19.4 Å². The zero-order valence-electron chi connectivity index (χ0n) is 17.4. The van der Waals surface area contributed by atoms with Gasteiger partial charge in [0.25, 0.3) is 0 Å². The summed E-state index contributed by atoms with van der Waals surface area (Å²) in [7, 11) is 0. The predicted molar refractivity (Wildman–Crippen MR) is 102 cm³/mol. The maximum Gasteiger partial charge on any atom is 0.323 e. The smallest absolute Gasteiger partial charge is 0.323 e. The molecule has 0 aromatic rings. The van der Waals surface area contributed by atoms with E-state index in [0.29, 0.717) is 18.8 Å². The van der Waals surface area contributed by atoms with Crippen molar-refractivity contribution in [2.75, 3.05) is 0 Å². The molecule has 0 amide bonds. The van der Waals surface area contributed by atoms with Crippen LogP contribution in [0.25, 0.3) is 0 Å². The van der Waals surface area contributed by atoms with Crippen LogP contribution in [0.3, 0.4) is 0 Å². The van der Waals surface area contributed by atoms with Gasteiger partial charge in [-0.2, -0.15) is 0 Å². The number of carboxylic acid groups (broad SMARTS) is 1. The third kappa shape index (κ3) is 8.73. The minimum atomic E-state index is -1.42. The Labute approximate surface area is 154 Å². The van der Waals surface area contributed by atoms with Crippen molar-refractivity contribution in [3.63, 3.8) is 0 Å². The highest BCUT2D eigenvalue weighted by molar-refractivity contribution is 5.99. The van der Waals surface area contributed by atoms with Crippen LogP contribution in [0.5, 0.6) is 0 Å². The third-order valence-electron chi connectivity index (χ3n) is 4.60. The van der Waals surface area contributed by atoms with Crippen LogP contribution in [-0.4, -0.2) is 23.1 Å². The average Bonchev–Trinajstić information content (AvgIpc) is 2.47. The topological polar surface area (TPSA) is 63.6 Å². The normalized spacial score (nSPS) is 13.5. The number of ether oxygens (including phenoxy) is 1. The number of carboxylic acids is 1. The van der Waals surface area contributed by atoms with E-state index >= 15 is 0 Å². The van der Waals surface area contributed by atoms with Gasteiger partial charge in [-0.25, -0.2) is 0 Å². The Morgan fingerprint density at radius 2 is 1.36 bits per heavy atom. The van der Waals surface area contributed by atoms with Gasteiger partial charge in [0.05, 0.1) is 0 Å². The molecule has 0 saturated heterocycles. The molecule has 0 spiro atoms. The fraction of sp³-hybridized carbons (Fsp3) is 0.905. The molecule has 4 heteroatoms. The molecule has 0 aliphatic rings. The summed E-state index contributed by atoms with van der Waals surface area (Å²) >= 11 is 0. The Hall–Kier alpha value is -1.06. The molecule has 0 fully saturated rings. The molecule has 0 saturated carbocycles. The fourth-order valence-corrected chi connectivity index (χ4v) is 3.44. The lowest BCUT2D eigenvalue weighted by Gasteiger charge is -2.32. The Balaban J connectivity index is 5.05. The summed E-state index contributed by atoms with van der Waals surface area (Å²) in [4.78, 5) is 24.9. The number of unbranched alkanes of at least 4 members (excludes halogenated alkanes) is 1. The summed E-state index contributed by atoms with van der Waals surface area (Å²) in [5, 5.41) is 9.85. The lowest BCUT2D eigenvalue weighted by molar-refractivity contribution is -0.176. The number of rotatable bonds is 13. The molecule has 1 atom stereocenters. The van der Waals surface area contributed by atoms with Crippen molar-refractivity contribution >= 4 is 11.9 Å². The van der Waals surface area contributed by atoms with E-state index in [2.05, 4.69) is 13.8 Å². The molecule has 0 radical (unpaired) electrons. The molecule has 25 heavy (non-hydrogen) atoms. The van der Waals surface area contributed by atoms with Gasteiger partial charge in [0.1, 0.15) is 6.10 Å². The first-order chi connectivity index (χ1) is 11.5. The van der Waals surface area contributed by atoms with E-state index in [1.807, 2.05) is 34.6 Å². The van der Waals surface area contributed by atoms with Gasteiger partial charge in [-0.15, -0.1) is 0 Å². The first-order valence-corrected chi connectivity index (χ1v) is 9.99. The van der Waals surface area contributed by atoms with Gasteiger partial charge in [0.15, 0.2) is 5.41 Å². The number of hydrogen-bond donors (Lipinski definition) is 1. The minimum absolute atomic E-state index is 0.119. The molecule has 0 heterocycles. The van der Waals surface area contributed by atoms with Crippen LogP contribution in [0.15, 0.2) is 0 Å². The molecule has 4 nitrogen and oxygen atoms in total. The van der Waals surface area contributed by atoms with Crippen molar-refractivity contribution in [3.8, 4) is 0 Å². The summed E-state index contributed by atoms with van der Waals surface area (Å²) in [6.07, 6.45) is 5.31. The van der Waals surface area contributed by atoms with Crippen molar-refractivity contribution in [2.45, 2.75) is 99.5 Å². The van der Waals surface area contributed by atoms with Crippen LogP contribution in [0, 0.1) is 23.2 Å². The highest BCUT2D eigenvalue weighted by Crippen LogP contribution is 2.36. The standard InChI is InChI=1S/C21H40O4/c1-8-18(12-10-9-11-15(2)3)25-20(24)21(19(22)23,13-16(4)5)14-17(6)7/h15-18H,8-14H2,1-7H3,(H,22,23). The second-order valence-corrected chi connectivity index (χ2v) is 8.70. The summed E-state index contributed by atoms with van der Waals surface area (Å²) < 4.78 is 5.72. The highest BCUT2D eigenvalue weighted by Gasteiger charge is 2.48. The van der Waals surface area contributed by atoms with Gasteiger partial charge in [-0.1, -0.05) is 61.3 Å². The van der Waals surface area contributed by atoms with Gasteiger partial charge < -0.3 is 9.84 Å². The van der Waals surface area contributed by atoms with E-state index in [-0.39, 0.29) is 17.9 Å². The molecule has 0 bridgehead atoms. The van der Waals surface area contributed by atoms with Gasteiger partial charge in [-0.05, 0) is 49.9 Å². The zero-order chi connectivity index (χ0) is 19.6. The van der Waals surface area contributed by atoms with Crippen molar-refractivity contribution in [1.29, 1.82) is 0 Å². The highest BCUT2D eigenvalue weighted by atomic mass is 16.5. The van der Waals surface area contributed by atoms with Crippen LogP contribution in [0.4, 0.5) is 0 Å². The van der Waals surface area contributed by atoms with Crippen molar-refractivity contribution in [3.05, 3.63) is 0 Å². The molecular weight excluding hydrogens is 316 g/mol. The third-order valence-corrected chi connectivity index (χ3v) is 4.60. The van der Waals surface area contributed by atoms with Gasteiger partial charge in [-0.3, -0.25) is 9.59 Å². The Kier molecular flexibility index (Phi) is 11.0. The molecule has 0 aromatic carbocycles. The van der Waals surface area contributed by atoms with Crippen molar-refractivity contribution in [1.82, 2.24) is 0 Å². The second kappa shape index (κ2) is 11.5. The molecule has 1 N–H and O–H groups in total.